The highest BCUT2D eigenvalue weighted by Crippen LogP contribution is 2.26. The molecule has 0 radical (unpaired) electrons. The van der Waals surface area contributed by atoms with E-state index in [-0.39, 0.29) is 30.2 Å². The zero-order chi connectivity index (χ0) is 24.3. The van der Waals surface area contributed by atoms with Crippen LogP contribution in [0.3, 0.4) is 0 Å². The molecular formula is C21H24F2N4O6. The molecule has 1 aliphatic heterocycles. The molecule has 1 aromatic rings. The van der Waals surface area contributed by atoms with Crippen LogP contribution in [-0.2, 0) is 19.1 Å². The van der Waals surface area contributed by atoms with Gasteiger partial charge in [-0.3, -0.25) is 24.5 Å². The highest BCUT2D eigenvalue weighted by Gasteiger charge is 2.36. The minimum atomic E-state index is -1.42. The zero-order valence-corrected chi connectivity index (χ0v) is 18.0. The quantitative estimate of drug-likeness (QED) is 0.421. The van der Waals surface area contributed by atoms with E-state index in [9.17, 15) is 32.8 Å². The van der Waals surface area contributed by atoms with E-state index in [4.69, 9.17) is 4.74 Å². The van der Waals surface area contributed by atoms with Crippen LogP contribution in [0, 0.1) is 17.6 Å². The number of carbonyl (C=O) groups is 5. The number of amides is 4. The normalized spacial score (nSPS) is 20.4. The van der Waals surface area contributed by atoms with Crippen LogP contribution in [-0.4, -0.2) is 54.8 Å². The highest BCUT2D eigenvalue weighted by atomic mass is 19.2. The molecule has 2 aliphatic rings. The molecule has 1 saturated heterocycles. The number of nitrogens with one attached hydrogen (secondary N) is 4. The van der Waals surface area contributed by atoms with Gasteiger partial charge in [0.1, 0.15) is 6.10 Å². The summed E-state index contributed by atoms with van der Waals surface area (Å²) in [7, 11) is 1.23. The van der Waals surface area contributed by atoms with Crippen LogP contribution in [0.2, 0.25) is 0 Å². The van der Waals surface area contributed by atoms with E-state index in [1.807, 2.05) is 0 Å². The van der Waals surface area contributed by atoms with Gasteiger partial charge in [0.2, 0.25) is 11.7 Å². The molecule has 0 spiro atoms. The molecule has 178 valence electrons. The maximum atomic E-state index is 13.9. The Bertz CT molecular complexity index is 997. The van der Waals surface area contributed by atoms with E-state index in [0.717, 1.165) is 0 Å². The lowest BCUT2D eigenvalue weighted by Gasteiger charge is -2.20. The molecule has 33 heavy (non-hydrogen) atoms. The number of hydrogen-bond acceptors (Lipinski definition) is 6. The Morgan fingerprint density at radius 1 is 1.18 bits per heavy atom. The van der Waals surface area contributed by atoms with Crippen molar-refractivity contribution >= 4 is 35.3 Å². The van der Waals surface area contributed by atoms with Crippen LogP contribution >= 0.6 is 0 Å². The number of ether oxygens (including phenoxy) is 1. The first-order valence-corrected chi connectivity index (χ1v) is 10.4. The molecule has 4 N–H and O–H groups in total. The monoisotopic (exact) mass is 466 g/mol. The maximum absolute atomic E-state index is 13.9. The molecule has 1 aromatic carbocycles. The first-order valence-electron chi connectivity index (χ1n) is 10.4. The van der Waals surface area contributed by atoms with Crippen molar-refractivity contribution in [2.45, 2.75) is 50.8 Å². The SMILES string of the molecule is CNC(=O)C(=O)[C@H](C[C@@H]1C[C@@H](C)NC1=O)NC(=O)c1cc(F)c(F)cc1NC(=O)OC1CC1. The summed E-state index contributed by atoms with van der Waals surface area (Å²) in [5, 5.41) is 9.36. The van der Waals surface area contributed by atoms with E-state index < -0.39 is 52.8 Å². The molecule has 1 aliphatic carbocycles. The van der Waals surface area contributed by atoms with Gasteiger partial charge in [-0.1, -0.05) is 0 Å². The second-order valence-electron chi connectivity index (χ2n) is 8.09. The van der Waals surface area contributed by atoms with Gasteiger partial charge in [0, 0.05) is 25.1 Å². The average molecular weight is 466 g/mol. The minimum absolute atomic E-state index is 0.145. The summed E-state index contributed by atoms with van der Waals surface area (Å²) < 4.78 is 32.7. The van der Waals surface area contributed by atoms with Crippen molar-refractivity contribution in [2.75, 3.05) is 12.4 Å². The number of Topliss-reactive ketones (excluding diaryl/α,β-unsaturated/α-hetero) is 1. The third-order valence-electron chi connectivity index (χ3n) is 5.33. The third-order valence-corrected chi connectivity index (χ3v) is 5.33. The van der Waals surface area contributed by atoms with Crippen molar-refractivity contribution in [2.24, 2.45) is 5.92 Å². The van der Waals surface area contributed by atoms with Crippen LogP contribution in [0.5, 0.6) is 0 Å². The Morgan fingerprint density at radius 3 is 2.42 bits per heavy atom. The first kappa shape index (κ1) is 24.1. The number of ketones is 1. The van der Waals surface area contributed by atoms with Gasteiger partial charge >= 0.3 is 6.09 Å². The fraction of sp³-hybridized carbons (Fsp3) is 0.476. The molecule has 3 atom stereocenters. The van der Waals surface area contributed by atoms with Gasteiger partial charge < -0.3 is 20.7 Å². The number of rotatable bonds is 8. The molecule has 4 amide bonds. The summed E-state index contributed by atoms with van der Waals surface area (Å²) in [6.07, 6.45) is 0.334. The second kappa shape index (κ2) is 9.92. The minimum Gasteiger partial charge on any atom is -0.446 e. The van der Waals surface area contributed by atoms with Crippen LogP contribution in [0.4, 0.5) is 19.3 Å². The first-order chi connectivity index (χ1) is 15.6. The van der Waals surface area contributed by atoms with Gasteiger partial charge in [0.05, 0.1) is 17.3 Å². The van der Waals surface area contributed by atoms with E-state index in [2.05, 4.69) is 21.3 Å². The van der Waals surface area contributed by atoms with E-state index >= 15 is 0 Å². The van der Waals surface area contributed by atoms with Crippen LogP contribution in [0.25, 0.3) is 0 Å². The van der Waals surface area contributed by atoms with E-state index in [0.29, 0.717) is 31.4 Å². The molecule has 12 heteroatoms. The zero-order valence-electron chi connectivity index (χ0n) is 18.0. The summed E-state index contributed by atoms with van der Waals surface area (Å²) in [5.74, 6) is -6.71. The van der Waals surface area contributed by atoms with E-state index in [1.165, 1.54) is 7.05 Å². The average Bonchev–Trinajstić information content (AvgIpc) is 3.51. The molecule has 0 bridgehead atoms. The largest absolute Gasteiger partial charge is 0.446 e. The van der Waals surface area contributed by atoms with Crippen molar-refractivity contribution in [3.8, 4) is 0 Å². The number of carbonyl (C=O) groups excluding carboxylic acids is 5. The molecule has 2 fully saturated rings. The van der Waals surface area contributed by atoms with Crippen LogP contribution in [0.1, 0.15) is 43.0 Å². The van der Waals surface area contributed by atoms with Crippen molar-refractivity contribution < 1.29 is 37.5 Å². The smallest absolute Gasteiger partial charge is 0.411 e. The fourth-order valence-corrected chi connectivity index (χ4v) is 3.50. The number of likely N-dealkylation sites (N-methyl/N-ethyl adjacent to an activating group) is 1. The van der Waals surface area contributed by atoms with Crippen molar-refractivity contribution in [1.29, 1.82) is 0 Å². The number of halogens is 2. The second-order valence-corrected chi connectivity index (χ2v) is 8.09. The molecule has 3 rings (SSSR count). The lowest BCUT2D eigenvalue weighted by atomic mass is 9.93. The number of anilines is 1. The molecule has 1 heterocycles. The Hall–Kier alpha value is -3.57. The van der Waals surface area contributed by atoms with Gasteiger partial charge in [0.25, 0.3) is 11.8 Å². The van der Waals surface area contributed by atoms with Crippen molar-refractivity contribution in [3.63, 3.8) is 0 Å². The van der Waals surface area contributed by atoms with Gasteiger partial charge in [-0.15, -0.1) is 0 Å². The standard InChI is InChI=1S/C21H24F2N4O6/c1-9-5-10(18(29)25-9)6-16(17(28)20(31)24-2)26-19(30)12-7-13(22)14(23)8-15(12)27-21(32)33-11-3-4-11/h7-11,16H,3-6H2,1-2H3,(H,24,31)(H,25,29)(H,26,30)(H,27,32)/t9-,10+,16+/m1/s1. The Kier molecular flexibility index (Phi) is 7.24. The fourth-order valence-electron chi connectivity index (χ4n) is 3.50. The molecular weight excluding hydrogens is 442 g/mol. The van der Waals surface area contributed by atoms with E-state index in [1.54, 1.807) is 6.92 Å². The van der Waals surface area contributed by atoms with Gasteiger partial charge in [-0.05, 0) is 38.7 Å². The lowest BCUT2D eigenvalue weighted by Crippen LogP contribution is -2.48. The summed E-state index contributed by atoms with van der Waals surface area (Å²) in [5.41, 5.74) is -0.865. The summed E-state index contributed by atoms with van der Waals surface area (Å²) >= 11 is 0. The van der Waals surface area contributed by atoms with Gasteiger partial charge in [-0.2, -0.15) is 0 Å². The molecule has 10 nitrogen and oxygen atoms in total. The molecule has 0 aromatic heterocycles. The number of hydrogen-bond donors (Lipinski definition) is 4. The summed E-state index contributed by atoms with van der Waals surface area (Å²) in [6.45, 7) is 1.77. The Labute approximate surface area is 187 Å². The van der Waals surface area contributed by atoms with Crippen LogP contribution < -0.4 is 21.3 Å². The molecule has 0 unspecified atom stereocenters. The third kappa shape index (κ3) is 6.02. The summed E-state index contributed by atoms with van der Waals surface area (Å²) in [4.78, 5) is 61.4. The van der Waals surface area contributed by atoms with Crippen LogP contribution in [0.15, 0.2) is 12.1 Å². The Balaban J connectivity index is 1.83. The predicted molar refractivity (Wildman–Crippen MR) is 110 cm³/mol. The summed E-state index contributed by atoms with van der Waals surface area (Å²) in [6, 6.07) is -0.394. The number of benzene rings is 1. The van der Waals surface area contributed by atoms with Gasteiger partial charge in [-0.25, -0.2) is 13.6 Å². The van der Waals surface area contributed by atoms with Crippen molar-refractivity contribution in [3.05, 3.63) is 29.3 Å². The predicted octanol–water partition coefficient (Wildman–Crippen LogP) is 1.00. The highest BCUT2D eigenvalue weighted by molar-refractivity contribution is 6.38. The lowest BCUT2D eigenvalue weighted by molar-refractivity contribution is -0.139. The topological polar surface area (TPSA) is 143 Å². The van der Waals surface area contributed by atoms with Crippen molar-refractivity contribution in [1.82, 2.24) is 16.0 Å². The molecule has 1 saturated carbocycles. The Morgan fingerprint density at radius 2 is 1.85 bits per heavy atom. The maximum Gasteiger partial charge on any atom is 0.411 e. The van der Waals surface area contributed by atoms with Gasteiger partial charge in [0.15, 0.2) is 11.6 Å².